The molecule has 1 atom stereocenters. The van der Waals surface area contributed by atoms with Crippen LogP contribution in [0.4, 0.5) is 5.69 Å². The van der Waals surface area contributed by atoms with Crippen LogP contribution in [0.3, 0.4) is 0 Å². The molecule has 0 fully saturated rings. The van der Waals surface area contributed by atoms with Gasteiger partial charge >= 0.3 is 5.97 Å². The zero-order valence-corrected chi connectivity index (χ0v) is 17.5. The number of rotatable bonds is 6. The number of carbonyl (C=O) groups is 2. The van der Waals surface area contributed by atoms with Gasteiger partial charge in [0.05, 0.1) is 10.5 Å². The Kier molecular flexibility index (Phi) is 6.04. The van der Waals surface area contributed by atoms with Gasteiger partial charge in [-0.25, -0.2) is 17.9 Å². The van der Waals surface area contributed by atoms with Crippen molar-refractivity contribution in [3.8, 4) is 0 Å². The first-order valence-electron chi connectivity index (χ1n) is 9.45. The van der Waals surface area contributed by atoms with E-state index in [0.717, 1.165) is 17.7 Å². The van der Waals surface area contributed by atoms with Gasteiger partial charge in [-0.2, -0.15) is 0 Å². The number of benzene rings is 2. The minimum Gasteiger partial charge on any atom is -0.449 e. The summed E-state index contributed by atoms with van der Waals surface area (Å²) in [5.74, 6) is -1.04. The molecule has 1 unspecified atom stereocenters. The van der Waals surface area contributed by atoms with Crippen LogP contribution in [0.15, 0.2) is 47.4 Å². The third-order valence-electron chi connectivity index (χ3n) is 4.86. The van der Waals surface area contributed by atoms with Crippen molar-refractivity contribution < 1.29 is 22.7 Å². The Morgan fingerprint density at radius 1 is 1.21 bits per heavy atom. The average molecular weight is 416 g/mol. The molecule has 29 heavy (non-hydrogen) atoms. The zero-order chi connectivity index (χ0) is 21.2. The Bertz CT molecular complexity index is 1050. The number of nitrogens with one attached hydrogen (secondary N) is 1. The van der Waals surface area contributed by atoms with Gasteiger partial charge in [0, 0.05) is 18.8 Å². The van der Waals surface area contributed by atoms with Crippen LogP contribution in [0, 0.1) is 6.92 Å². The van der Waals surface area contributed by atoms with E-state index in [4.69, 9.17) is 4.74 Å². The standard InChI is InChI=1S/C21H24N2O5S/c1-4-22-29(26,27)17-10-9-14(2)18(13-17)21(25)28-15(3)20(24)23-12-11-16-7-5-6-8-19(16)23/h5-10,13,15,22H,4,11-12H2,1-3H3. The average Bonchev–Trinajstić information content (AvgIpc) is 3.11. The van der Waals surface area contributed by atoms with E-state index in [1.54, 1.807) is 24.8 Å². The van der Waals surface area contributed by atoms with Crippen LogP contribution in [0.2, 0.25) is 0 Å². The molecule has 1 aliphatic heterocycles. The van der Waals surface area contributed by atoms with E-state index in [-0.39, 0.29) is 22.9 Å². The molecule has 1 heterocycles. The molecule has 0 radical (unpaired) electrons. The minimum atomic E-state index is -3.71. The van der Waals surface area contributed by atoms with Crippen molar-refractivity contribution in [2.24, 2.45) is 0 Å². The summed E-state index contributed by atoms with van der Waals surface area (Å²) in [6.07, 6.45) is -0.242. The molecule has 0 saturated heterocycles. The highest BCUT2D eigenvalue weighted by Crippen LogP contribution is 2.28. The fraction of sp³-hybridized carbons (Fsp3) is 0.333. The molecule has 0 aromatic heterocycles. The van der Waals surface area contributed by atoms with Crippen LogP contribution in [0.1, 0.15) is 35.3 Å². The molecule has 0 bridgehead atoms. The first-order valence-corrected chi connectivity index (χ1v) is 10.9. The molecule has 1 N–H and O–H groups in total. The fourth-order valence-corrected chi connectivity index (χ4v) is 4.39. The van der Waals surface area contributed by atoms with Crippen LogP contribution < -0.4 is 9.62 Å². The summed E-state index contributed by atoms with van der Waals surface area (Å²) in [5.41, 5.74) is 2.59. The number of anilines is 1. The summed E-state index contributed by atoms with van der Waals surface area (Å²) in [6, 6.07) is 11.9. The lowest BCUT2D eigenvalue weighted by Crippen LogP contribution is -2.39. The highest BCUT2D eigenvalue weighted by atomic mass is 32.2. The molecule has 0 spiro atoms. The normalized spacial score (nSPS) is 14.4. The van der Waals surface area contributed by atoms with Crippen LogP contribution in [-0.4, -0.2) is 39.5 Å². The first-order chi connectivity index (χ1) is 13.7. The zero-order valence-electron chi connectivity index (χ0n) is 16.6. The monoisotopic (exact) mass is 416 g/mol. The van der Waals surface area contributed by atoms with Gasteiger partial charge in [0.25, 0.3) is 5.91 Å². The van der Waals surface area contributed by atoms with E-state index >= 15 is 0 Å². The lowest BCUT2D eigenvalue weighted by molar-refractivity contribution is -0.126. The number of amides is 1. The van der Waals surface area contributed by atoms with E-state index in [9.17, 15) is 18.0 Å². The van der Waals surface area contributed by atoms with Gasteiger partial charge in [0.15, 0.2) is 6.10 Å². The molecule has 154 valence electrons. The van der Waals surface area contributed by atoms with E-state index in [0.29, 0.717) is 12.1 Å². The molecule has 3 rings (SSSR count). The largest absolute Gasteiger partial charge is 0.449 e. The van der Waals surface area contributed by atoms with Crippen molar-refractivity contribution in [1.29, 1.82) is 0 Å². The molecular weight excluding hydrogens is 392 g/mol. The topological polar surface area (TPSA) is 92.8 Å². The van der Waals surface area contributed by atoms with Gasteiger partial charge in [-0.1, -0.05) is 31.2 Å². The summed E-state index contributed by atoms with van der Waals surface area (Å²) in [7, 11) is -3.71. The number of carbonyl (C=O) groups excluding carboxylic acids is 2. The van der Waals surface area contributed by atoms with Gasteiger partial charge in [0.2, 0.25) is 10.0 Å². The second kappa shape index (κ2) is 8.34. The van der Waals surface area contributed by atoms with Crippen LogP contribution in [0.25, 0.3) is 0 Å². The van der Waals surface area contributed by atoms with Crippen molar-refractivity contribution in [2.45, 2.75) is 38.2 Å². The maximum atomic E-state index is 12.8. The fourth-order valence-electron chi connectivity index (χ4n) is 3.32. The Hall–Kier alpha value is -2.71. The molecule has 0 aliphatic carbocycles. The second-order valence-corrected chi connectivity index (χ2v) is 8.66. The van der Waals surface area contributed by atoms with E-state index in [2.05, 4.69) is 4.72 Å². The minimum absolute atomic E-state index is 0.0238. The number of fused-ring (bicyclic) bond motifs is 1. The summed E-state index contributed by atoms with van der Waals surface area (Å²) < 4.78 is 32.2. The number of para-hydroxylation sites is 1. The molecule has 2 aromatic rings. The van der Waals surface area contributed by atoms with E-state index in [1.807, 2.05) is 24.3 Å². The summed E-state index contributed by atoms with van der Waals surface area (Å²) in [4.78, 5) is 27.1. The van der Waals surface area contributed by atoms with Crippen LogP contribution in [0.5, 0.6) is 0 Å². The van der Waals surface area contributed by atoms with E-state index in [1.165, 1.54) is 19.1 Å². The second-order valence-electron chi connectivity index (χ2n) is 6.89. The predicted molar refractivity (Wildman–Crippen MR) is 109 cm³/mol. The summed E-state index contributed by atoms with van der Waals surface area (Å²) in [5, 5.41) is 0. The Labute approximate surface area is 170 Å². The maximum Gasteiger partial charge on any atom is 0.339 e. The highest BCUT2D eigenvalue weighted by Gasteiger charge is 2.30. The van der Waals surface area contributed by atoms with Gasteiger partial charge in [-0.15, -0.1) is 0 Å². The number of aryl methyl sites for hydroxylation is 1. The van der Waals surface area contributed by atoms with E-state index < -0.39 is 22.1 Å². The van der Waals surface area contributed by atoms with Crippen molar-refractivity contribution in [3.63, 3.8) is 0 Å². The molecule has 2 aromatic carbocycles. The molecule has 1 aliphatic rings. The summed E-state index contributed by atoms with van der Waals surface area (Å²) in [6.45, 7) is 5.65. The third kappa shape index (κ3) is 4.33. The predicted octanol–water partition coefficient (Wildman–Crippen LogP) is 2.43. The number of sulfonamides is 1. The van der Waals surface area contributed by atoms with Crippen molar-refractivity contribution in [1.82, 2.24) is 4.72 Å². The van der Waals surface area contributed by atoms with Crippen molar-refractivity contribution >= 4 is 27.6 Å². The smallest absolute Gasteiger partial charge is 0.339 e. The molecular formula is C21H24N2O5S. The SMILES string of the molecule is CCNS(=O)(=O)c1ccc(C)c(C(=O)OC(C)C(=O)N2CCc3ccccc32)c1. The number of esters is 1. The highest BCUT2D eigenvalue weighted by molar-refractivity contribution is 7.89. The van der Waals surface area contributed by atoms with Crippen molar-refractivity contribution in [2.75, 3.05) is 18.0 Å². The quantitative estimate of drug-likeness (QED) is 0.730. The summed E-state index contributed by atoms with van der Waals surface area (Å²) >= 11 is 0. The number of hydrogen-bond acceptors (Lipinski definition) is 5. The van der Waals surface area contributed by atoms with Crippen LogP contribution >= 0.6 is 0 Å². The Morgan fingerprint density at radius 2 is 1.93 bits per heavy atom. The number of nitrogens with zero attached hydrogens (tertiary/aromatic N) is 1. The number of ether oxygens (including phenoxy) is 1. The maximum absolute atomic E-state index is 12.8. The molecule has 0 saturated carbocycles. The van der Waals surface area contributed by atoms with Gasteiger partial charge in [0.1, 0.15) is 0 Å². The lowest BCUT2D eigenvalue weighted by atomic mass is 10.1. The third-order valence-corrected chi connectivity index (χ3v) is 6.40. The molecule has 8 heteroatoms. The lowest BCUT2D eigenvalue weighted by Gasteiger charge is -2.22. The first kappa shape index (κ1) is 21.0. The van der Waals surface area contributed by atoms with Crippen molar-refractivity contribution in [3.05, 3.63) is 59.2 Å². The molecule has 7 nitrogen and oxygen atoms in total. The van der Waals surface area contributed by atoms with Gasteiger partial charge in [-0.05, 0) is 49.6 Å². The Balaban J connectivity index is 1.77. The molecule has 1 amide bonds. The number of hydrogen-bond donors (Lipinski definition) is 1. The Morgan fingerprint density at radius 3 is 2.66 bits per heavy atom. The van der Waals surface area contributed by atoms with Crippen LogP contribution in [-0.2, 0) is 26.0 Å². The van der Waals surface area contributed by atoms with Gasteiger partial charge in [-0.3, -0.25) is 4.79 Å². The van der Waals surface area contributed by atoms with Gasteiger partial charge < -0.3 is 9.64 Å².